The first-order valence-corrected chi connectivity index (χ1v) is 9.10. The summed E-state index contributed by atoms with van der Waals surface area (Å²) in [6.45, 7) is 1.14. The smallest absolute Gasteiger partial charge is 0.287 e. The summed E-state index contributed by atoms with van der Waals surface area (Å²) in [4.78, 5) is 25.8. The van der Waals surface area contributed by atoms with E-state index < -0.39 is 5.91 Å². The number of furan rings is 1. The van der Waals surface area contributed by atoms with Crippen molar-refractivity contribution in [2.45, 2.75) is 6.54 Å². The van der Waals surface area contributed by atoms with Crippen LogP contribution in [0.1, 0.15) is 26.7 Å². The molecule has 0 radical (unpaired) electrons. The Morgan fingerprint density at radius 1 is 1.03 bits per heavy atom. The van der Waals surface area contributed by atoms with Crippen LogP contribution in [0, 0.1) is 0 Å². The molecule has 2 amide bonds. The van der Waals surface area contributed by atoms with E-state index in [0.717, 1.165) is 16.5 Å². The average Bonchev–Trinajstić information content (AvgIpc) is 3.09. The number of hydrogen-bond donors (Lipinski definition) is 3. The van der Waals surface area contributed by atoms with Crippen molar-refractivity contribution in [2.24, 2.45) is 0 Å². The Labute approximate surface area is 168 Å². The molecule has 0 aliphatic carbocycles. The molecule has 0 fully saturated rings. The third-order valence-electron chi connectivity index (χ3n) is 4.24. The van der Waals surface area contributed by atoms with Gasteiger partial charge in [-0.3, -0.25) is 14.8 Å². The highest BCUT2D eigenvalue weighted by atomic mass is 16.5. The molecule has 0 aliphatic rings. The van der Waals surface area contributed by atoms with Crippen molar-refractivity contribution < 1.29 is 24.0 Å². The quantitative estimate of drug-likeness (QED) is 0.306. The van der Waals surface area contributed by atoms with Gasteiger partial charge in [-0.15, -0.1) is 0 Å². The molecule has 0 unspecified atom stereocenters. The second-order valence-corrected chi connectivity index (χ2v) is 6.71. The van der Waals surface area contributed by atoms with Gasteiger partial charge in [0.15, 0.2) is 5.76 Å². The lowest BCUT2D eigenvalue weighted by Gasteiger charge is -2.08. The molecule has 0 saturated heterocycles. The van der Waals surface area contributed by atoms with Gasteiger partial charge in [0.25, 0.3) is 11.8 Å². The van der Waals surface area contributed by atoms with Crippen LogP contribution in [-0.4, -0.2) is 49.2 Å². The van der Waals surface area contributed by atoms with Gasteiger partial charge in [-0.1, -0.05) is 24.3 Å². The van der Waals surface area contributed by atoms with E-state index in [4.69, 9.17) is 14.4 Å². The Kier molecular flexibility index (Phi) is 6.48. The second kappa shape index (κ2) is 9.22. The maximum atomic E-state index is 12.6. The molecular weight excluding hydrogens is 374 g/mol. The van der Waals surface area contributed by atoms with Crippen molar-refractivity contribution in [3.8, 4) is 5.75 Å². The summed E-state index contributed by atoms with van der Waals surface area (Å²) in [5, 5.41) is 13.1. The monoisotopic (exact) mass is 397 g/mol. The molecule has 0 bridgehead atoms. The van der Waals surface area contributed by atoms with Crippen molar-refractivity contribution >= 4 is 22.6 Å². The van der Waals surface area contributed by atoms with E-state index in [2.05, 4.69) is 5.32 Å². The Balaban J connectivity index is 1.58. The molecule has 0 saturated carbocycles. The third-order valence-corrected chi connectivity index (χ3v) is 4.24. The fourth-order valence-corrected chi connectivity index (χ4v) is 2.91. The normalized spacial score (nSPS) is 10.9. The van der Waals surface area contributed by atoms with Crippen LogP contribution in [0.15, 0.2) is 52.9 Å². The Hall–Kier alpha value is -3.36. The average molecular weight is 397 g/mol. The maximum Gasteiger partial charge on any atom is 0.287 e. The molecule has 8 heteroatoms. The number of ether oxygens (including phenoxy) is 1. The molecule has 3 rings (SSSR count). The Morgan fingerprint density at radius 2 is 1.72 bits per heavy atom. The molecule has 0 aliphatic heterocycles. The highest BCUT2D eigenvalue weighted by Crippen LogP contribution is 2.26. The predicted octanol–water partition coefficient (Wildman–Crippen LogP) is 2.42. The molecule has 3 aromatic rings. The molecular formula is C21H23N3O5. The van der Waals surface area contributed by atoms with E-state index in [-0.39, 0.29) is 24.8 Å². The molecule has 2 aromatic carbocycles. The van der Waals surface area contributed by atoms with E-state index in [1.165, 1.54) is 12.1 Å². The SMILES string of the molecule is CN(C)Cc1oc(C(=O)NCCOc2ccc(C(=O)NO)cc2)c2ccccc12. The number of rotatable bonds is 8. The van der Waals surface area contributed by atoms with E-state index in [1.807, 2.05) is 43.3 Å². The lowest BCUT2D eigenvalue weighted by molar-refractivity contribution is 0.0706. The Morgan fingerprint density at radius 3 is 2.38 bits per heavy atom. The summed E-state index contributed by atoms with van der Waals surface area (Å²) in [6, 6.07) is 13.9. The lowest BCUT2D eigenvalue weighted by Crippen LogP contribution is -2.28. The van der Waals surface area contributed by atoms with Crippen LogP contribution in [0.3, 0.4) is 0 Å². The van der Waals surface area contributed by atoms with Crippen molar-refractivity contribution in [3.05, 3.63) is 65.6 Å². The van der Waals surface area contributed by atoms with Crippen LogP contribution in [0.2, 0.25) is 0 Å². The first kappa shape index (κ1) is 20.4. The zero-order valence-corrected chi connectivity index (χ0v) is 16.3. The van der Waals surface area contributed by atoms with Gasteiger partial charge in [0, 0.05) is 16.3 Å². The minimum absolute atomic E-state index is 0.250. The molecule has 3 N–H and O–H groups in total. The first-order valence-electron chi connectivity index (χ1n) is 9.10. The highest BCUT2D eigenvalue weighted by Gasteiger charge is 2.19. The van der Waals surface area contributed by atoms with Gasteiger partial charge in [0.05, 0.1) is 13.1 Å². The fraction of sp³-hybridized carbons (Fsp3) is 0.238. The number of nitrogens with zero attached hydrogens (tertiary/aromatic N) is 1. The van der Waals surface area contributed by atoms with E-state index in [1.54, 1.807) is 17.6 Å². The van der Waals surface area contributed by atoms with Crippen molar-refractivity contribution in [1.82, 2.24) is 15.7 Å². The number of hydrogen-bond acceptors (Lipinski definition) is 6. The number of amides is 2. The van der Waals surface area contributed by atoms with E-state index in [0.29, 0.717) is 17.9 Å². The number of nitrogens with one attached hydrogen (secondary N) is 2. The largest absolute Gasteiger partial charge is 0.492 e. The number of hydroxylamine groups is 1. The van der Waals surface area contributed by atoms with Crippen LogP contribution in [0.25, 0.3) is 10.8 Å². The van der Waals surface area contributed by atoms with Crippen LogP contribution in [0.5, 0.6) is 5.75 Å². The van der Waals surface area contributed by atoms with E-state index in [9.17, 15) is 9.59 Å². The topological polar surface area (TPSA) is 104 Å². The predicted molar refractivity (Wildman–Crippen MR) is 107 cm³/mol. The van der Waals surface area contributed by atoms with E-state index >= 15 is 0 Å². The minimum Gasteiger partial charge on any atom is -0.492 e. The zero-order chi connectivity index (χ0) is 20.8. The minimum atomic E-state index is -0.594. The van der Waals surface area contributed by atoms with Gasteiger partial charge in [-0.2, -0.15) is 0 Å². The molecule has 0 atom stereocenters. The van der Waals surface area contributed by atoms with Gasteiger partial charge in [0.1, 0.15) is 18.1 Å². The van der Waals surface area contributed by atoms with Gasteiger partial charge in [-0.05, 0) is 38.4 Å². The maximum absolute atomic E-state index is 12.6. The number of carbonyl (C=O) groups is 2. The van der Waals surface area contributed by atoms with Crippen molar-refractivity contribution in [2.75, 3.05) is 27.2 Å². The molecule has 0 spiro atoms. The summed E-state index contributed by atoms with van der Waals surface area (Å²) in [5.74, 6) is 0.689. The standard InChI is InChI=1S/C21H23N3O5/c1-24(2)13-18-16-5-3-4-6-17(16)19(29-18)21(26)22-11-12-28-15-9-7-14(8-10-15)20(25)23-27/h3-10,27H,11-13H2,1-2H3,(H,22,26)(H,23,25). The summed E-state index contributed by atoms with van der Waals surface area (Å²) in [5.41, 5.74) is 1.88. The van der Waals surface area contributed by atoms with Crippen LogP contribution < -0.4 is 15.5 Å². The summed E-state index contributed by atoms with van der Waals surface area (Å²) >= 11 is 0. The van der Waals surface area contributed by atoms with Gasteiger partial charge in [0.2, 0.25) is 0 Å². The van der Waals surface area contributed by atoms with Gasteiger partial charge >= 0.3 is 0 Å². The molecule has 1 heterocycles. The second-order valence-electron chi connectivity index (χ2n) is 6.71. The summed E-state index contributed by atoms with van der Waals surface area (Å²) in [7, 11) is 3.88. The van der Waals surface area contributed by atoms with Gasteiger partial charge < -0.3 is 19.4 Å². The first-order chi connectivity index (χ1) is 14.0. The number of fused-ring (bicyclic) bond motifs is 1. The fourth-order valence-electron chi connectivity index (χ4n) is 2.91. The number of carbonyl (C=O) groups excluding carboxylic acids is 2. The third kappa shape index (κ3) is 4.92. The van der Waals surface area contributed by atoms with Crippen LogP contribution in [0.4, 0.5) is 0 Å². The zero-order valence-electron chi connectivity index (χ0n) is 16.3. The molecule has 1 aromatic heterocycles. The molecule has 29 heavy (non-hydrogen) atoms. The highest BCUT2D eigenvalue weighted by molar-refractivity contribution is 6.05. The van der Waals surface area contributed by atoms with Crippen molar-refractivity contribution in [1.29, 1.82) is 0 Å². The number of benzene rings is 2. The van der Waals surface area contributed by atoms with Gasteiger partial charge in [-0.25, -0.2) is 5.48 Å². The molecule has 152 valence electrons. The Bertz CT molecular complexity index is 995. The van der Waals surface area contributed by atoms with Crippen LogP contribution in [-0.2, 0) is 6.54 Å². The van der Waals surface area contributed by atoms with Crippen molar-refractivity contribution in [3.63, 3.8) is 0 Å². The van der Waals surface area contributed by atoms with Crippen LogP contribution >= 0.6 is 0 Å². The lowest BCUT2D eigenvalue weighted by atomic mass is 10.1. The summed E-state index contributed by atoms with van der Waals surface area (Å²) in [6.07, 6.45) is 0. The molecule has 8 nitrogen and oxygen atoms in total. The summed E-state index contributed by atoms with van der Waals surface area (Å²) < 4.78 is 11.4.